The average Bonchev–Trinajstić information content (AvgIpc) is 3.19. The molecular weight excluding hydrogens is 446 g/mol. The number of ketones is 1. The molecule has 0 unspecified atom stereocenters. The van der Waals surface area contributed by atoms with E-state index in [2.05, 4.69) is 8.97 Å². The lowest BCUT2D eigenvalue weighted by Crippen LogP contribution is -2.04. The van der Waals surface area contributed by atoms with Crippen molar-refractivity contribution in [2.45, 2.75) is 45.6 Å². The highest BCUT2D eigenvalue weighted by molar-refractivity contribution is 6.42. The standard InChI is InChI=1S/C26H23Cl2FN2O/c1-2-5-23(32)25-24(16-7-10-18(29)11-8-16)19-6-3-4-13-30-22(15-31(25)26(19)30)17-9-12-20(27)21(28)14-17/h7-12,14-15H,2-6,13H2,1H3. The number of carbonyl (C=O) groups excluding carboxylic acids is 1. The number of Topliss-reactive ketones (excluding diaryl/α,β-unsaturated/α-hetero) is 1. The first-order valence-electron chi connectivity index (χ1n) is 11.0. The van der Waals surface area contributed by atoms with Gasteiger partial charge in [-0.15, -0.1) is 0 Å². The van der Waals surface area contributed by atoms with E-state index < -0.39 is 0 Å². The minimum Gasteiger partial charge on any atom is -0.325 e. The van der Waals surface area contributed by atoms with Crippen LogP contribution in [0.3, 0.4) is 0 Å². The summed E-state index contributed by atoms with van der Waals surface area (Å²) >= 11 is 12.5. The molecule has 1 aliphatic heterocycles. The van der Waals surface area contributed by atoms with Crippen LogP contribution in [0.1, 0.15) is 48.7 Å². The summed E-state index contributed by atoms with van der Waals surface area (Å²) in [4.78, 5) is 13.4. The van der Waals surface area contributed by atoms with Crippen molar-refractivity contribution in [1.82, 2.24) is 8.97 Å². The Morgan fingerprint density at radius 2 is 1.78 bits per heavy atom. The largest absolute Gasteiger partial charge is 0.325 e. The van der Waals surface area contributed by atoms with E-state index in [4.69, 9.17) is 23.2 Å². The number of imidazole rings is 1. The van der Waals surface area contributed by atoms with Crippen molar-refractivity contribution in [2.75, 3.05) is 0 Å². The van der Waals surface area contributed by atoms with Gasteiger partial charge in [0.05, 0.1) is 21.4 Å². The molecule has 6 heteroatoms. The van der Waals surface area contributed by atoms with Crippen molar-refractivity contribution in [2.24, 2.45) is 0 Å². The fraction of sp³-hybridized carbons (Fsp3) is 0.269. The maximum atomic E-state index is 13.7. The van der Waals surface area contributed by atoms with Gasteiger partial charge in [-0.05, 0) is 55.5 Å². The van der Waals surface area contributed by atoms with E-state index in [1.54, 1.807) is 18.2 Å². The first-order chi connectivity index (χ1) is 15.5. The summed E-state index contributed by atoms with van der Waals surface area (Å²) in [6.07, 6.45) is 6.21. The highest BCUT2D eigenvalue weighted by atomic mass is 35.5. The third kappa shape index (κ3) is 3.46. The lowest BCUT2D eigenvalue weighted by molar-refractivity contribution is 0.0977. The molecule has 32 heavy (non-hydrogen) atoms. The van der Waals surface area contributed by atoms with Gasteiger partial charge in [-0.25, -0.2) is 4.39 Å². The zero-order chi connectivity index (χ0) is 22.4. The second-order valence-corrected chi connectivity index (χ2v) is 9.14. The predicted octanol–water partition coefficient (Wildman–Crippen LogP) is 7.84. The SMILES string of the molecule is CCCC(=O)c1c(-c2ccc(F)cc2)c2c3n(c(-c4ccc(Cl)c(Cl)c4)cn13)CCCC2. The van der Waals surface area contributed by atoms with Crippen molar-refractivity contribution in [1.29, 1.82) is 0 Å². The third-order valence-electron chi connectivity index (χ3n) is 6.22. The van der Waals surface area contributed by atoms with Gasteiger partial charge in [0, 0.05) is 35.9 Å². The first-order valence-corrected chi connectivity index (χ1v) is 11.8. The zero-order valence-electron chi connectivity index (χ0n) is 17.8. The van der Waals surface area contributed by atoms with Gasteiger partial charge in [0.1, 0.15) is 11.5 Å². The number of carbonyl (C=O) groups is 1. The maximum absolute atomic E-state index is 13.7. The predicted molar refractivity (Wildman–Crippen MR) is 128 cm³/mol. The Bertz CT molecular complexity index is 1330. The Morgan fingerprint density at radius 3 is 2.50 bits per heavy atom. The molecular formula is C26H23Cl2FN2O. The van der Waals surface area contributed by atoms with E-state index in [-0.39, 0.29) is 11.6 Å². The van der Waals surface area contributed by atoms with Gasteiger partial charge in [-0.3, -0.25) is 9.20 Å². The van der Waals surface area contributed by atoms with Gasteiger partial charge in [0.15, 0.2) is 5.78 Å². The topological polar surface area (TPSA) is 26.4 Å². The van der Waals surface area contributed by atoms with Crippen LogP contribution in [0.4, 0.5) is 4.39 Å². The zero-order valence-corrected chi connectivity index (χ0v) is 19.3. The lowest BCUT2D eigenvalue weighted by Gasteiger charge is -2.10. The molecule has 3 heterocycles. The molecule has 2 aromatic carbocycles. The second-order valence-electron chi connectivity index (χ2n) is 8.33. The van der Waals surface area contributed by atoms with E-state index in [0.29, 0.717) is 22.2 Å². The Kier molecular flexibility index (Phi) is 5.60. The summed E-state index contributed by atoms with van der Waals surface area (Å²) in [5.41, 5.74) is 6.68. The minimum absolute atomic E-state index is 0.103. The van der Waals surface area contributed by atoms with Crippen LogP contribution in [0.15, 0.2) is 48.7 Å². The first kappa shape index (κ1) is 21.3. The molecule has 0 aliphatic carbocycles. The van der Waals surface area contributed by atoms with Crippen molar-refractivity contribution < 1.29 is 9.18 Å². The number of nitrogens with zero attached hydrogens (tertiary/aromatic N) is 2. The Balaban J connectivity index is 1.83. The average molecular weight is 469 g/mol. The number of halogens is 3. The normalized spacial score (nSPS) is 13.5. The number of benzene rings is 2. The van der Waals surface area contributed by atoms with Crippen LogP contribution in [-0.4, -0.2) is 14.8 Å². The molecule has 0 saturated carbocycles. The van der Waals surface area contributed by atoms with Gasteiger partial charge < -0.3 is 4.57 Å². The summed E-state index contributed by atoms with van der Waals surface area (Å²) in [5, 5.41) is 1.02. The van der Waals surface area contributed by atoms with Gasteiger partial charge in [-0.2, -0.15) is 0 Å². The number of aryl methyl sites for hydroxylation is 2. The molecule has 0 radical (unpaired) electrons. The van der Waals surface area contributed by atoms with Crippen LogP contribution in [0.5, 0.6) is 0 Å². The van der Waals surface area contributed by atoms with Crippen LogP contribution >= 0.6 is 23.2 Å². The molecule has 5 rings (SSSR count). The summed E-state index contributed by atoms with van der Waals surface area (Å²) in [7, 11) is 0. The monoisotopic (exact) mass is 468 g/mol. The lowest BCUT2D eigenvalue weighted by atomic mass is 9.96. The smallest absolute Gasteiger partial charge is 0.180 e. The van der Waals surface area contributed by atoms with Crippen LogP contribution in [-0.2, 0) is 13.0 Å². The molecule has 164 valence electrons. The van der Waals surface area contributed by atoms with E-state index in [1.165, 1.54) is 12.1 Å². The van der Waals surface area contributed by atoms with Crippen LogP contribution < -0.4 is 0 Å². The molecule has 0 fully saturated rings. The maximum Gasteiger partial charge on any atom is 0.180 e. The highest BCUT2D eigenvalue weighted by Crippen LogP contribution is 2.40. The third-order valence-corrected chi connectivity index (χ3v) is 6.96. The number of hydrogen-bond acceptors (Lipinski definition) is 1. The van der Waals surface area contributed by atoms with Crippen LogP contribution in [0.25, 0.3) is 28.0 Å². The van der Waals surface area contributed by atoms with E-state index >= 15 is 0 Å². The number of hydrogen-bond donors (Lipinski definition) is 0. The fourth-order valence-electron chi connectivity index (χ4n) is 4.82. The molecule has 0 saturated heterocycles. The van der Waals surface area contributed by atoms with E-state index in [0.717, 1.165) is 65.8 Å². The molecule has 0 bridgehead atoms. The summed E-state index contributed by atoms with van der Waals surface area (Å²) in [6, 6.07) is 12.1. The summed E-state index contributed by atoms with van der Waals surface area (Å²) in [5.74, 6) is -0.178. The molecule has 4 aromatic rings. The van der Waals surface area contributed by atoms with Gasteiger partial charge >= 0.3 is 0 Å². The quantitative estimate of drug-likeness (QED) is 0.274. The molecule has 2 aromatic heterocycles. The fourth-order valence-corrected chi connectivity index (χ4v) is 5.12. The molecule has 0 atom stereocenters. The second kappa shape index (κ2) is 8.42. The summed E-state index contributed by atoms with van der Waals surface area (Å²) in [6.45, 7) is 2.87. The Hall–Kier alpha value is -2.56. The highest BCUT2D eigenvalue weighted by Gasteiger charge is 2.29. The van der Waals surface area contributed by atoms with Gasteiger partial charge in [0.2, 0.25) is 0 Å². The van der Waals surface area contributed by atoms with Crippen LogP contribution in [0.2, 0.25) is 10.0 Å². The molecule has 0 spiro atoms. The minimum atomic E-state index is -0.281. The molecule has 0 amide bonds. The number of rotatable bonds is 5. The van der Waals surface area contributed by atoms with Crippen molar-refractivity contribution in [3.63, 3.8) is 0 Å². The van der Waals surface area contributed by atoms with Crippen molar-refractivity contribution >= 4 is 34.6 Å². The van der Waals surface area contributed by atoms with E-state index in [9.17, 15) is 9.18 Å². The van der Waals surface area contributed by atoms with Gasteiger partial charge in [-0.1, -0.05) is 48.3 Å². The van der Waals surface area contributed by atoms with E-state index in [1.807, 2.05) is 25.3 Å². The molecule has 0 N–H and O–H groups in total. The van der Waals surface area contributed by atoms with Gasteiger partial charge in [0.25, 0.3) is 0 Å². The van der Waals surface area contributed by atoms with Crippen molar-refractivity contribution in [3.05, 3.63) is 75.8 Å². The summed E-state index contributed by atoms with van der Waals surface area (Å²) < 4.78 is 18.0. The van der Waals surface area contributed by atoms with Crippen molar-refractivity contribution in [3.8, 4) is 22.4 Å². The molecule has 1 aliphatic rings. The Labute approximate surface area is 196 Å². The number of aromatic nitrogens is 2. The Morgan fingerprint density at radius 1 is 1.03 bits per heavy atom. The molecule has 3 nitrogen and oxygen atoms in total. The van der Waals surface area contributed by atoms with Crippen LogP contribution in [0, 0.1) is 5.82 Å².